The van der Waals surface area contributed by atoms with E-state index in [1.165, 1.54) is 16.9 Å². The van der Waals surface area contributed by atoms with E-state index >= 15 is 0 Å². The zero-order valence-electron chi connectivity index (χ0n) is 11.7. The minimum absolute atomic E-state index is 0.197. The van der Waals surface area contributed by atoms with Gasteiger partial charge >= 0.3 is 0 Å². The van der Waals surface area contributed by atoms with Gasteiger partial charge in [0.15, 0.2) is 0 Å². The molecule has 1 aromatic heterocycles. The van der Waals surface area contributed by atoms with Crippen LogP contribution in [0.5, 0.6) is 0 Å². The Balaban J connectivity index is 2.04. The minimum Gasteiger partial charge on any atom is -0.325 e. The maximum atomic E-state index is 12.0. The van der Waals surface area contributed by atoms with Crippen molar-refractivity contribution in [2.24, 2.45) is 5.73 Å². The zero-order chi connectivity index (χ0) is 14.5. The Bertz CT molecular complexity index is 577. The monoisotopic (exact) mass is 289 g/mol. The molecule has 0 saturated heterocycles. The van der Waals surface area contributed by atoms with E-state index in [2.05, 4.69) is 36.3 Å². The number of carbonyl (C=O) groups is 1. The lowest BCUT2D eigenvalue weighted by Gasteiger charge is -2.10. The summed E-state index contributed by atoms with van der Waals surface area (Å²) >= 11 is 1.40. The van der Waals surface area contributed by atoms with Crippen molar-refractivity contribution in [2.45, 2.75) is 32.7 Å². The number of aromatic nitrogens is 1. The van der Waals surface area contributed by atoms with Crippen molar-refractivity contribution in [1.82, 2.24) is 4.98 Å². The number of hydrogen-bond donors (Lipinski definition) is 2. The minimum atomic E-state index is -0.197. The molecule has 4 nitrogen and oxygen atoms in total. The Morgan fingerprint density at radius 1 is 1.40 bits per heavy atom. The van der Waals surface area contributed by atoms with Gasteiger partial charge in [-0.2, -0.15) is 0 Å². The molecule has 1 unspecified atom stereocenters. The fourth-order valence-electron chi connectivity index (χ4n) is 1.83. The number of nitrogens with one attached hydrogen (secondary N) is 1. The predicted octanol–water partition coefficient (Wildman–Crippen LogP) is 3.37. The Morgan fingerprint density at radius 3 is 2.65 bits per heavy atom. The average molecular weight is 289 g/mol. The summed E-state index contributed by atoms with van der Waals surface area (Å²) in [6, 6.07) is 7.96. The number of rotatable bonds is 5. The SMILES string of the molecule is CCC(C)c1ccc(NC(=O)c2csc(CN)n2)cc1. The molecular weight excluding hydrogens is 270 g/mol. The van der Waals surface area contributed by atoms with Gasteiger partial charge in [-0.05, 0) is 30.0 Å². The maximum absolute atomic E-state index is 12.0. The summed E-state index contributed by atoms with van der Waals surface area (Å²) in [5.74, 6) is 0.336. The first-order chi connectivity index (χ1) is 9.63. The first-order valence-corrected chi connectivity index (χ1v) is 7.57. The fourth-order valence-corrected chi connectivity index (χ4v) is 2.49. The van der Waals surface area contributed by atoms with E-state index in [0.717, 1.165) is 17.1 Å². The first-order valence-electron chi connectivity index (χ1n) is 6.69. The van der Waals surface area contributed by atoms with E-state index in [9.17, 15) is 4.79 Å². The lowest BCUT2D eigenvalue weighted by molar-refractivity contribution is 0.102. The van der Waals surface area contributed by atoms with Crippen LogP contribution in [-0.2, 0) is 6.54 Å². The molecule has 0 spiro atoms. The highest BCUT2D eigenvalue weighted by atomic mass is 32.1. The van der Waals surface area contributed by atoms with Crippen molar-refractivity contribution in [3.05, 3.63) is 45.9 Å². The Hall–Kier alpha value is -1.72. The third-order valence-corrected chi connectivity index (χ3v) is 4.18. The number of anilines is 1. The molecule has 3 N–H and O–H groups in total. The second-order valence-corrected chi connectivity index (χ2v) is 5.66. The van der Waals surface area contributed by atoms with E-state index in [0.29, 0.717) is 18.2 Å². The molecule has 1 amide bonds. The van der Waals surface area contributed by atoms with Crippen LogP contribution < -0.4 is 11.1 Å². The average Bonchev–Trinajstić information content (AvgIpc) is 2.96. The fraction of sp³-hybridized carbons (Fsp3) is 0.333. The molecule has 2 rings (SSSR count). The quantitative estimate of drug-likeness (QED) is 0.886. The molecule has 0 fully saturated rings. The first kappa shape index (κ1) is 14.7. The number of benzene rings is 1. The Morgan fingerprint density at radius 2 is 2.10 bits per heavy atom. The molecule has 0 saturated carbocycles. The second kappa shape index (κ2) is 6.63. The van der Waals surface area contributed by atoms with Crippen molar-refractivity contribution < 1.29 is 4.79 Å². The van der Waals surface area contributed by atoms with Crippen molar-refractivity contribution in [2.75, 3.05) is 5.32 Å². The molecule has 20 heavy (non-hydrogen) atoms. The number of nitrogens with zero attached hydrogens (tertiary/aromatic N) is 1. The van der Waals surface area contributed by atoms with Gasteiger partial charge in [0.25, 0.3) is 5.91 Å². The van der Waals surface area contributed by atoms with Crippen LogP contribution >= 0.6 is 11.3 Å². The van der Waals surface area contributed by atoms with Crippen molar-refractivity contribution in [3.63, 3.8) is 0 Å². The summed E-state index contributed by atoms with van der Waals surface area (Å²) in [4.78, 5) is 16.2. The molecule has 5 heteroatoms. The summed E-state index contributed by atoms with van der Waals surface area (Å²) in [6.07, 6.45) is 1.10. The predicted molar refractivity (Wildman–Crippen MR) is 83.1 cm³/mol. The molecule has 0 aliphatic heterocycles. The van der Waals surface area contributed by atoms with Crippen molar-refractivity contribution in [3.8, 4) is 0 Å². The van der Waals surface area contributed by atoms with Gasteiger partial charge in [0, 0.05) is 17.6 Å². The second-order valence-electron chi connectivity index (χ2n) is 4.72. The molecule has 106 valence electrons. The van der Waals surface area contributed by atoms with E-state index < -0.39 is 0 Å². The van der Waals surface area contributed by atoms with E-state index in [1.807, 2.05) is 12.1 Å². The summed E-state index contributed by atoms with van der Waals surface area (Å²) in [5.41, 5.74) is 7.97. The smallest absolute Gasteiger partial charge is 0.275 e. The van der Waals surface area contributed by atoms with Gasteiger partial charge in [-0.3, -0.25) is 4.79 Å². The van der Waals surface area contributed by atoms with Crippen molar-refractivity contribution >= 4 is 22.9 Å². The van der Waals surface area contributed by atoms with Crippen LogP contribution in [0.25, 0.3) is 0 Å². The number of thiazole rings is 1. The largest absolute Gasteiger partial charge is 0.325 e. The molecule has 0 aliphatic carbocycles. The molecule has 2 aromatic rings. The standard InChI is InChI=1S/C15H19N3OS/c1-3-10(2)11-4-6-12(7-5-11)17-15(19)13-9-20-14(8-16)18-13/h4-7,9-10H,3,8,16H2,1-2H3,(H,17,19). The Labute approximate surface area is 123 Å². The molecule has 0 aliphatic rings. The van der Waals surface area contributed by atoms with Gasteiger partial charge in [-0.25, -0.2) is 4.98 Å². The zero-order valence-corrected chi connectivity index (χ0v) is 12.5. The van der Waals surface area contributed by atoms with Gasteiger partial charge < -0.3 is 11.1 Å². The lowest BCUT2D eigenvalue weighted by atomic mass is 9.99. The van der Waals surface area contributed by atoms with Gasteiger partial charge in [0.1, 0.15) is 10.7 Å². The van der Waals surface area contributed by atoms with Gasteiger partial charge in [0.2, 0.25) is 0 Å². The van der Waals surface area contributed by atoms with E-state index in [-0.39, 0.29) is 5.91 Å². The molecule has 0 radical (unpaired) electrons. The van der Waals surface area contributed by atoms with Gasteiger partial charge in [0.05, 0.1) is 0 Å². The third kappa shape index (κ3) is 3.43. The number of carbonyl (C=O) groups excluding carboxylic acids is 1. The molecule has 1 heterocycles. The van der Waals surface area contributed by atoms with Gasteiger partial charge in [-0.1, -0.05) is 26.0 Å². The van der Waals surface area contributed by atoms with Crippen LogP contribution in [0, 0.1) is 0 Å². The lowest BCUT2D eigenvalue weighted by Crippen LogP contribution is -2.12. The topological polar surface area (TPSA) is 68.0 Å². The van der Waals surface area contributed by atoms with Gasteiger partial charge in [-0.15, -0.1) is 11.3 Å². The molecule has 0 bridgehead atoms. The summed E-state index contributed by atoms with van der Waals surface area (Å²) in [5, 5.41) is 5.34. The normalized spacial score (nSPS) is 12.2. The highest BCUT2D eigenvalue weighted by molar-refractivity contribution is 7.09. The van der Waals surface area contributed by atoms with Crippen LogP contribution in [0.1, 0.15) is 47.2 Å². The molecule has 1 atom stereocenters. The number of amides is 1. The number of nitrogens with two attached hydrogens (primary N) is 1. The molecular formula is C15H19N3OS. The van der Waals surface area contributed by atoms with Crippen LogP contribution in [0.4, 0.5) is 5.69 Å². The van der Waals surface area contributed by atoms with Crippen LogP contribution in [-0.4, -0.2) is 10.9 Å². The number of hydrogen-bond acceptors (Lipinski definition) is 4. The summed E-state index contributed by atoms with van der Waals surface area (Å²) in [7, 11) is 0. The highest BCUT2D eigenvalue weighted by Crippen LogP contribution is 2.21. The third-order valence-electron chi connectivity index (χ3n) is 3.31. The van der Waals surface area contributed by atoms with E-state index in [1.54, 1.807) is 5.38 Å². The van der Waals surface area contributed by atoms with Crippen LogP contribution in [0.2, 0.25) is 0 Å². The highest BCUT2D eigenvalue weighted by Gasteiger charge is 2.10. The maximum Gasteiger partial charge on any atom is 0.275 e. The Kier molecular flexibility index (Phi) is 4.87. The summed E-state index contributed by atoms with van der Waals surface area (Å²) in [6.45, 7) is 4.72. The molecule has 1 aromatic carbocycles. The van der Waals surface area contributed by atoms with Crippen molar-refractivity contribution in [1.29, 1.82) is 0 Å². The van der Waals surface area contributed by atoms with Crippen LogP contribution in [0.15, 0.2) is 29.6 Å². The van der Waals surface area contributed by atoms with E-state index in [4.69, 9.17) is 5.73 Å². The summed E-state index contributed by atoms with van der Waals surface area (Å²) < 4.78 is 0. The van der Waals surface area contributed by atoms with Crippen LogP contribution in [0.3, 0.4) is 0 Å².